The lowest BCUT2D eigenvalue weighted by Crippen LogP contribution is -2.55. The van der Waals surface area contributed by atoms with Crippen LogP contribution in [0.1, 0.15) is 25.3 Å². The Morgan fingerprint density at radius 3 is 2.71 bits per heavy atom. The second kappa shape index (κ2) is 7.44. The molecule has 0 saturated carbocycles. The number of benzene rings is 1. The lowest BCUT2D eigenvalue weighted by Gasteiger charge is -2.30. The first-order valence-corrected chi connectivity index (χ1v) is 7.79. The number of rotatable bonds is 7. The third-order valence-corrected chi connectivity index (χ3v) is 4.07. The van der Waals surface area contributed by atoms with Gasteiger partial charge in [0.15, 0.2) is 5.54 Å². The standard InChI is InChI=1S/C17H22N2O5/c1-17(11-24-2,16(22)23)18-14(20)9-10-19-13-6-4-3-5-12(13)7-8-15(19)21/h3-6H,7-11H2,1-2H3,(H,18,20)(H,22,23). The van der Waals surface area contributed by atoms with Gasteiger partial charge in [0, 0.05) is 32.2 Å². The van der Waals surface area contributed by atoms with Gasteiger partial charge in [-0.25, -0.2) is 4.79 Å². The molecule has 130 valence electrons. The van der Waals surface area contributed by atoms with Gasteiger partial charge in [0.2, 0.25) is 11.8 Å². The molecule has 0 bridgehead atoms. The van der Waals surface area contributed by atoms with Crippen molar-refractivity contribution in [3.8, 4) is 0 Å². The molecular weight excluding hydrogens is 312 g/mol. The fourth-order valence-corrected chi connectivity index (χ4v) is 2.77. The van der Waals surface area contributed by atoms with Gasteiger partial charge in [-0.15, -0.1) is 0 Å². The summed E-state index contributed by atoms with van der Waals surface area (Å²) in [4.78, 5) is 37.2. The Kier molecular flexibility index (Phi) is 5.56. The summed E-state index contributed by atoms with van der Waals surface area (Å²) in [6, 6.07) is 7.60. The lowest BCUT2D eigenvalue weighted by molar-refractivity contribution is -0.149. The van der Waals surface area contributed by atoms with Gasteiger partial charge in [-0.3, -0.25) is 9.59 Å². The number of methoxy groups -OCH3 is 1. The van der Waals surface area contributed by atoms with Crippen LogP contribution in [0.2, 0.25) is 0 Å². The molecule has 2 rings (SSSR count). The summed E-state index contributed by atoms with van der Waals surface area (Å²) in [6.07, 6.45) is 1.13. The summed E-state index contributed by atoms with van der Waals surface area (Å²) in [6.45, 7) is 1.46. The average molecular weight is 334 g/mol. The van der Waals surface area contributed by atoms with Crippen molar-refractivity contribution in [2.45, 2.75) is 31.7 Å². The Bertz CT molecular complexity index is 646. The third kappa shape index (κ3) is 3.91. The summed E-state index contributed by atoms with van der Waals surface area (Å²) < 4.78 is 4.87. The summed E-state index contributed by atoms with van der Waals surface area (Å²) in [5, 5.41) is 11.7. The highest BCUT2D eigenvalue weighted by Gasteiger charge is 2.35. The van der Waals surface area contributed by atoms with Gasteiger partial charge in [0.05, 0.1) is 6.61 Å². The van der Waals surface area contributed by atoms with Crippen LogP contribution in [-0.4, -0.2) is 48.7 Å². The number of nitrogens with one attached hydrogen (secondary N) is 1. The number of anilines is 1. The molecule has 0 aromatic heterocycles. The number of carbonyl (C=O) groups excluding carboxylic acids is 2. The van der Waals surface area contributed by atoms with E-state index in [4.69, 9.17) is 4.74 Å². The number of amides is 2. The van der Waals surface area contributed by atoms with Crippen LogP contribution < -0.4 is 10.2 Å². The number of carboxylic acids is 1. The fourth-order valence-electron chi connectivity index (χ4n) is 2.77. The summed E-state index contributed by atoms with van der Waals surface area (Å²) in [5.74, 6) is -1.63. The maximum atomic E-state index is 12.1. The highest BCUT2D eigenvalue weighted by Crippen LogP contribution is 2.27. The number of nitrogens with zero attached hydrogens (tertiary/aromatic N) is 1. The second-order valence-electron chi connectivity index (χ2n) is 6.04. The number of fused-ring (bicyclic) bond motifs is 1. The van der Waals surface area contributed by atoms with Crippen LogP contribution in [-0.2, 0) is 25.5 Å². The van der Waals surface area contributed by atoms with Gasteiger partial charge >= 0.3 is 5.97 Å². The molecular formula is C17H22N2O5. The van der Waals surface area contributed by atoms with Crippen LogP contribution in [0, 0.1) is 0 Å². The Hall–Kier alpha value is -2.41. The zero-order valence-corrected chi connectivity index (χ0v) is 13.9. The van der Waals surface area contributed by atoms with E-state index in [9.17, 15) is 19.5 Å². The third-order valence-electron chi connectivity index (χ3n) is 4.07. The highest BCUT2D eigenvalue weighted by atomic mass is 16.5. The van der Waals surface area contributed by atoms with E-state index in [0.717, 1.165) is 11.3 Å². The van der Waals surface area contributed by atoms with E-state index in [1.807, 2.05) is 24.3 Å². The van der Waals surface area contributed by atoms with Crippen molar-refractivity contribution in [2.24, 2.45) is 0 Å². The average Bonchev–Trinajstić information content (AvgIpc) is 2.54. The minimum atomic E-state index is -1.49. The van der Waals surface area contributed by atoms with Crippen LogP contribution in [0.25, 0.3) is 0 Å². The zero-order chi connectivity index (χ0) is 17.7. The molecule has 1 aromatic rings. The molecule has 1 aliphatic rings. The molecule has 0 aliphatic carbocycles. The number of para-hydroxylation sites is 1. The molecule has 1 unspecified atom stereocenters. The molecule has 7 nitrogen and oxygen atoms in total. The lowest BCUT2D eigenvalue weighted by atomic mass is 10.0. The van der Waals surface area contributed by atoms with Crippen molar-refractivity contribution >= 4 is 23.5 Å². The predicted molar refractivity (Wildman–Crippen MR) is 87.8 cm³/mol. The number of carboxylic acid groups (broad SMARTS) is 1. The van der Waals surface area contributed by atoms with Crippen molar-refractivity contribution in [1.29, 1.82) is 0 Å². The number of carbonyl (C=O) groups is 3. The molecule has 2 N–H and O–H groups in total. The monoisotopic (exact) mass is 334 g/mol. The zero-order valence-electron chi connectivity index (χ0n) is 13.9. The van der Waals surface area contributed by atoms with Crippen molar-refractivity contribution in [2.75, 3.05) is 25.2 Å². The second-order valence-corrected chi connectivity index (χ2v) is 6.04. The van der Waals surface area contributed by atoms with Gasteiger partial charge < -0.3 is 20.1 Å². The van der Waals surface area contributed by atoms with Crippen LogP contribution in [0.4, 0.5) is 5.69 Å². The quantitative estimate of drug-likeness (QED) is 0.774. The van der Waals surface area contributed by atoms with Crippen LogP contribution in [0.3, 0.4) is 0 Å². The first kappa shape index (κ1) is 17.9. The predicted octanol–water partition coefficient (Wildman–Crippen LogP) is 0.962. The minimum Gasteiger partial charge on any atom is -0.479 e. The van der Waals surface area contributed by atoms with Crippen molar-refractivity contribution in [3.05, 3.63) is 29.8 Å². The number of hydrogen-bond acceptors (Lipinski definition) is 4. The van der Waals surface area contributed by atoms with E-state index in [-0.39, 0.29) is 25.5 Å². The van der Waals surface area contributed by atoms with E-state index in [0.29, 0.717) is 12.8 Å². The Labute approximate surface area is 140 Å². The fraction of sp³-hybridized carbons (Fsp3) is 0.471. The first-order chi connectivity index (χ1) is 11.4. The largest absolute Gasteiger partial charge is 0.479 e. The molecule has 24 heavy (non-hydrogen) atoms. The maximum Gasteiger partial charge on any atom is 0.331 e. The summed E-state index contributed by atoms with van der Waals surface area (Å²) in [7, 11) is 1.37. The minimum absolute atomic E-state index is 0.0205. The topological polar surface area (TPSA) is 95.9 Å². The van der Waals surface area contributed by atoms with Gasteiger partial charge in [-0.1, -0.05) is 18.2 Å². The maximum absolute atomic E-state index is 12.1. The molecule has 1 atom stereocenters. The summed E-state index contributed by atoms with van der Waals surface area (Å²) >= 11 is 0. The van der Waals surface area contributed by atoms with E-state index in [1.165, 1.54) is 14.0 Å². The first-order valence-electron chi connectivity index (χ1n) is 7.79. The van der Waals surface area contributed by atoms with Crippen LogP contribution in [0.15, 0.2) is 24.3 Å². The van der Waals surface area contributed by atoms with Crippen LogP contribution >= 0.6 is 0 Å². The van der Waals surface area contributed by atoms with E-state index in [2.05, 4.69) is 5.32 Å². The molecule has 0 radical (unpaired) electrons. The molecule has 0 saturated heterocycles. The van der Waals surface area contributed by atoms with Gasteiger partial charge in [-0.05, 0) is 25.0 Å². The van der Waals surface area contributed by atoms with E-state index >= 15 is 0 Å². The normalized spacial score (nSPS) is 16.2. The molecule has 1 aliphatic heterocycles. The summed E-state index contributed by atoms with van der Waals surface area (Å²) in [5.41, 5.74) is 0.405. The number of ether oxygens (including phenoxy) is 1. The van der Waals surface area contributed by atoms with E-state index in [1.54, 1.807) is 4.90 Å². The van der Waals surface area contributed by atoms with Crippen molar-refractivity contribution in [3.63, 3.8) is 0 Å². The van der Waals surface area contributed by atoms with Crippen molar-refractivity contribution < 1.29 is 24.2 Å². The Morgan fingerprint density at radius 2 is 2.04 bits per heavy atom. The Morgan fingerprint density at radius 1 is 1.33 bits per heavy atom. The van der Waals surface area contributed by atoms with E-state index < -0.39 is 17.4 Å². The molecule has 0 spiro atoms. The van der Waals surface area contributed by atoms with Gasteiger partial charge in [0.1, 0.15) is 0 Å². The molecule has 2 amide bonds. The smallest absolute Gasteiger partial charge is 0.331 e. The van der Waals surface area contributed by atoms with Crippen molar-refractivity contribution in [1.82, 2.24) is 5.32 Å². The number of aryl methyl sites for hydroxylation is 1. The Balaban J connectivity index is 2.01. The number of aliphatic carboxylic acids is 1. The highest BCUT2D eigenvalue weighted by molar-refractivity contribution is 5.97. The molecule has 1 heterocycles. The van der Waals surface area contributed by atoms with Gasteiger partial charge in [0.25, 0.3) is 0 Å². The molecule has 7 heteroatoms. The SMILES string of the molecule is COCC(C)(NC(=O)CCN1C(=O)CCc2ccccc21)C(=O)O. The molecule has 0 fully saturated rings. The number of hydrogen-bond donors (Lipinski definition) is 2. The van der Waals surface area contributed by atoms with Crippen LogP contribution in [0.5, 0.6) is 0 Å². The van der Waals surface area contributed by atoms with Gasteiger partial charge in [-0.2, -0.15) is 0 Å². The molecule has 1 aromatic carbocycles.